The molecule has 166 valence electrons. The van der Waals surface area contributed by atoms with Gasteiger partial charge in [0.2, 0.25) is 0 Å². The van der Waals surface area contributed by atoms with Gasteiger partial charge >= 0.3 is 5.97 Å². The van der Waals surface area contributed by atoms with Gasteiger partial charge in [0.15, 0.2) is 0 Å². The number of fused-ring (bicyclic) bond motifs is 1. The summed E-state index contributed by atoms with van der Waals surface area (Å²) in [6.07, 6.45) is 1.59. The molecule has 4 rings (SSSR count). The lowest BCUT2D eigenvalue weighted by molar-refractivity contribution is -0.148. The molecule has 1 aliphatic rings. The molecule has 6 heteroatoms. The van der Waals surface area contributed by atoms with Crippen LogP contribution in [0.25, 0.3) is 10.8 Å². The normalized spacial score (nSPS) is 14.8. The minimum absolute atomic E-state index is 0.236. The van der Waals surface area contributed by atoms with Gasteiger partial charge in [-0.1, -0.05) is 74.0 Å². The Labute approximate surface area is 192 Å². The largest absolute Gasteiger partial charge is 0.487 e. The SMILES string of the molecule is CC(C)c1ccc(COc2c(C(=O)NC3(C(=O)O)CCC3)cc(Cl)c3ccccc23)cc1. The van der Waals surface area contributed by atoms with E-state index in [-0.39, 0.29) is 12.2 Å². The minimum atomic E-state index is -1.22. The van der Waals surface area contributed by atoms with Crippen LogP contribution in [0.3, 0.4) is 0 Å². The smallest absolute Gasteiger partial charge is 0.329 e. The van der Waals surface area contributed by atoms with E-state index in [1.54, 1.807) is 6.07 Å². The number of benzene rings is 3. The van der Waals surface area contributed by atoms with Crippen molar-refractivity contribution >= 4 is 34.2 Å². The molecule has 2 N–H and O–H groups in total. The molecule has 5 nitrogen and oxygen atoms in total. The van der Waals surface area contributed by atoms with Crippen molar-refractivity contribution in [1.82, 2.24) is 5.32 Å². The molecule has 3 aromatic carbocycles. The van der Waals surface area contributed by atoms with Gasteiger partial charge in [0.1, 0.15) is 17.9 Å². The Bertz CT molecular complexity index is 1170. The van der Waals surface area contributed by atoms with Crippen LogP contribution in [0.15, 0.2) is 54.6 Å². The number of amides is 1. The van der Waals surface area contributed by atoms with Crippen LogP contribution < -0.4 is 10.1 Å². The third-order valence-corrected chi connectivity index (χ3v) is 6.50. The molecule has 0 atom stereocenters. The summed E-state index contributed by atoms with van der Waals surface area (Å²) in [6.45, 7) is 4.55. The molecule has 32 heavy (non-hydrogen) atoms. The highest BCUT2D eigenvalue weighted by atomic mass is 35.5. The molecule has 1 fully saturated rings. The zero-order chi connectivity index (χ0) is 22.9. The molecular weight excluding hydrogens is 426 g/mol. The molecule has 1 amide bonds. The molecule has 0 aromatic heterocycles. The van der Waals surface area contributed by atoms with Crippen LogP contribution in [-0.4, -0.2) is 22.5 Å². The summed E-state index contributed by atoms with van der Waals surface area (Å²) in [4.78, 5) is 24.9. The van der Waals surface area contributed by atoms with Crippen molar-refractivity contribution < 1.29 is 19.4 Å². The van der Waals surface area contributed by atoms with E-state index in [0.717, 1.165) is 17.4 Å². The third-order valence-electron chi connectivity index (χ3n) is 6.19. The second-order valence-corrected chi connectivity index (χ2v) is 9.07. The van der Waals surface area contributed by atoms with Crippen LogP contribution in [-0.2, 0) is 11.4 Å². The van der Waals surface area contributed by atoms with E-state index in [0.29, 0.717) is 34.9 Å². The number of rotatable bonds is 7. The fourth-order valence-electron chi connectivity index (χ4n) is 3.99. The number of carboxylic acid groups (broad SMARTS) is 1. The maximum atomic E-state index is 13.2. The van der Waals surface area contributed by atoms with Crippen molar-refractivity contribution in [2.24, 2.45) is 0 Å². The van der Waals surface area contributed by atoms with Crippen molar-refractivity contribution in [2.45, 2.75) is 51.2 Å². The Morgan fingerprint density at radius 3 is 2.31 bits per heavy atom. The Kier molecular flexibility index (Phi) is 6.11. The summed E-state index contributed by atoms with van der Waals surface area (Å²) in [5.74, 6) is -0.676. The van der Waals surface area contributed by atoms with Crippen molar-refractivity contribution in [1.29, 1.82) is 0 Å². The first kappa shape index (κ1) is 22.2. The number of carboxylic acids is 1. The van der Waals surface area contributed by atoms with Crippen molar-refractivity contribution in [3.8, 4) is 5.75 Å². The predicted molar refractivity (Wildman–Crippen MR) is 126 cm³/mol. The second kappa shape index (κ2) is 8.83. The van der Waals surface area contributed by atoms with E-state index in [4.69, 9.17) is 16.3 Å². The van der Waals surface area contributed by atoms with Gasteiger partial charge in [0, 0.05) is 15.8 Å². The van der Waals surface area contributed by atoms with E-state index < -0.39 is 17.4 Å². The second-order valence-electron chi connectivity index (χ2n) is 8.66. The average Bonchev–Trinajstić information content (AvgIpc) is 2.75. The number of aliphatic carboxylic acids is 1. The Morgan fingerprint density at radius 1 is 1.09 bits per heavy atom. The highest BCUT2D eigenvalue weighted by Crippen LogP contribution is 2.38. The van der Waals surface area contributed by atoms with Gasteiger partial charge in [0.25, 0.3) is 5.91 Å². The van der Waals surface area contributed by atoms with E-state index in [2.05, 4.69) is 31.3 Å². The van der Waals surface area contributed by atoms with Gasteiger partial charge in [-0.15, -0.1) is 0 Å². The van der Waals surface area contributed by atoms with Crippen LogP contribution in [0.2, 0.25) is 5.02 Å². The molecule has 1 saturated carbocycles. The standard InChI is InChI=1S/C26H26ClNO4/c1-16(2)18-10-8-17(9-11-18)15-32-23-20-7-4-3-6-19(20)22(27)14-21(23)24(29)28-26(25(30)31)12-5-13-26/h3-4,6-11,14,16H,5,12-13,15H2,1-2H3,(H,28,29)(H,30,31). The molecule has 0 unspecified atom stereocenters. The number of nitrogens with one attached hydrogen (secondary N) is 1. The summed E-state index contributed by atoms with van der Waals surface area (Å²) in [7, 11) is 0. The van der Waals surface area contributed by atoms with E-state index in [1.165, 1.54) is 5.56 Å². The van der Waals surface area contributed by atoms with Crippen LogP contribution in [0.5, 0.6) is 5.75 Å². The van der Waals surface area contributed by atoms with Gasteiger partial charge in [-0.2, -0.15) is 0 Å². The molecule has 0 aliphatic heterocycles. The fraction of sp³-hybridized carbons (Fsp3) is 0.308. The zero-order valence-electron chi connectivity index (χ0n) is 18.2. The van der Waals surface area contributed by atoms with E-state index >= 15 is 0 Å². The van der Waals surface area contributed by atoms with Gasteiger partial charge < -0.3 is 15.2 Å². The molecule has 0 heterocycles. The van der Waals surface area contributed by atoms with E-state index in [9.17, 15) is 14.7 Å². The molecule has 0 saturated heterocycles. The van der Waals surface area contributed by atoms with Crippen molar-refractivity contribution in [2.75, 3.05) is 0 Å². The van der Waals surface area contributed by atoms with Gasteiger partial charge in [0.05, 0.1) is 5.56 Å². The molecule has 3 aromatic rings. The van der Waals surface area contributed by atoms with Gasteiger partial charge in [-0.25, -0.2) is 4.79 Å². The third kappa shape index (κ3) is 4.17. The van der Waals surface area contributed by atoms with Crippen LogP contribution in [0, 0.1) is 0 Å². The first-order valence-electron chi connectivity index (χ1n) is 10.8. The quantitative estimate of drug-likeness (QED) is 0.466. The predicted octanol–water partition coefficient (Wildman–Crippen LogP) is 5.93. The summed E-state index contributed by atoms with van der Waals surface area (Å²) in [6, 6.07) is 17.2. The Morgan fingerprint density at radius 2 is 1.75 bits per heavy atom. The molecular formula is C26H26ClNO4. The van der Waals surface area contributed by atoms with Crippen molar-refractivity contribution in [3.05, 3.63) is 76.3 Å². The molecule has 0 bridgehead atoms. The lowest BCUT2D eigenvalue weighted by atomic mass is 9.76. The number of carbonyl (C=O) groups is 2. The maximum absolute atomic E-state index is 13.2. The van der Waals surface area contributed by atoms with Gasteiger partial charge in [-0.05, 0) is 42.4 Å². The Balaban J connectivity index is 1.68. The summed E-state index contributed by atoms with van der Waals surface area (Å²) < 4.78 is 6.17. The highest BCUT2D eigenvalue weighted by Gasteiger charge is 2.46. The monoisotopic (exact) mass is 451 g/mol. The topological polar surface area (TPSA) is 75.6 Å². The fourth-order valence-corrected chi connectivity index (χ4v) is 4.26. The first-order chi connectivity index (χ1) is 15.3. The lowest BCUT2D eigenvalue weighted by Crippen LogP contribution is -2.59. The summed E-state index contributed by atoms with van der Waals surface area (Å²) in [5, 5.41) is 14.2. The lowest BCUT2D eigenvalue weighted by Gasteiger charge is -2.38. The average molecular weight is 452 g/mol. The minimum Gasteiger partial charge on any atom is -0.487 e. The number of hydrogen-bond donors (Lipinski definition) is 2. The molecule has 0 radical (unpaired) electrons. The number of hydrogen-bond acceptors (Lipinski definition) is 3. The maximum Gasteiger partial charge on any atom is 0.329 e. The number of halogens is 1. The van der Waals surface area contributed by atoms with Crippen molar-refractivity contribution in [3.63, 3.8) is 0 Å². The van der Waals surface area contributed by atoms with Crippen LogP contribution >= 0.6 is 11.6 Å². The first-order valence-corrected chi connectivity index (χ1v) is 11.2. The zero-order valence-corrected chi connectivity index (χ0v) is 18.9. The summed E-state index contributed by atoms with van der Waals surface area (Å²) in [5.41, 5.74) is 1.23. The van der Waals surface area contributed by atoms with Crippen LogP contribution in [0.4, 0.5) is 0 Å². The van der Waals surface area contributed by atoms with E-state index in [1.807, 2.05) is 36.4 Å². The van der Waals surface area contributed by atoms with Crippen LogP contribution in [0.1, 0.15) is 60.5 Å². The summed E-state index contributed by atoms with van der Waals surface area (Å²) >= 11 is 6.47. The van der Waals surface area contributed by atoms with Gasteiger partial charge in [-0.3, -0.25) is 4.79 Å². The number of ether oxygens (including phenoxy) is 1. The number of carbonyl (C=O) groups excluding carboxylic acids is 1. The highest BCUT2D eigenvalue weighted by molar-refractivity contribution is 6.36. The Hall–Kier alpha value is -3.05. The molecule has 0 spiro atoms. The molecule has 1 aliphatic carbocycles.